The highest BCUT2D eigenvalue weighted by Crippen LogP contribution is 2.40. The third-order valence-corrected chi connectivity index (χ3v) is 6.44. The van der Waals surface area contributed by atoms with Gasteiger partial charge in [0.25, 0.3) is 0 Å². The fraction of sp³-hybridized carbons (Fsp3) is 0.417. The zero-order valence-corrected chi connectivity index (χ0v) is 17.7. The van der Waals surface area contributed by atoms with Crippen LogP contribution in [-0.2, 0) is 9.59 Å². The number of benzene rings is 2. The number of carbonyl (C=O) groups is 2. The van der Waals surface area contributed by atoms with Crippen molar-refractivity contribution in [1.29, 1.82) is 0 Å². The van der Waals surface area contributed by atoms with Crippen LogP contribution in [-0.4, -0.2) is 38.3 Å². The number of amides is 2. The smallest absolute Gasteiger partial charge is 0.232 e. The van der Waals surface area contributed by atoms with E-state index in [1.54, 1.807) is 24.1 Å². The largest absolute Gasteiger partial charge is 0.497 e. The molecule has 7 heteroatoms. The lowest BCUT2D eigenvalue weighted by Crippen LogP contribution is -2.44. The summed E-state index contributed by atoms with van der Waals surface area (Å²) >= 11 is 0. The lowest BCUT2D eigenvalue weighted by Gasteiger charge is -2.32. The molecule has 1 saturated heterocycles. The van der Waals surface area contributed by atoms with Crippen LogP contribution in [0.25, 0.3) is 0 Å². The summed E-state index contributed by atoms with van der Waals surface area (Å²) in [6.45, 7) is 2.65. The van der Waals surface area contributed by atoms with Gasteiger partial charge in [-0.2, -0.15) is 0 Å². The van der Waals surface area contributed by atoms with Crippen molar-refractivity contribution >= 4 is 23.2 Å². The molecule has 2 amide bonds. The van der Waals surface area contributed by atoms with E-state index in [4.69, 9.17) is 14.2 Å². The molecule has 0 spiro atoms. The Bertz CT molecular complexity index is 1000. The number of fused-ring (bicyclic) bond motifs is 1. The molecular weight excluding hydrogens is 396 g/mol. The van der Waals surface area contributed by atoms with Gasteiger partial charge in [0.05, 0.1) is 13.0 Å². The third kappa shape index (κ3) is 3.69. The Morgan fingerprint density at radius 1 is 1.13 bits per heavy atom. The molecule has 2 aliphatic heterocycles. The van der Waals surface area contributed by atoms with Crippen molar-refractivity contribution in [3.8, 4) is 17.2 Å². The van der Waals surface area contributed by atoms with Gasteiger partial charge in [-0.1, -0.05) is 0 Å². The van der Waals surface area contributed by atoms with E-state index in [-0.39, 0.29) is 37.0 Å². The molecule has 2 heterocycles. The van der Waals surface area contributed by atoms with E-state index in [0.717, 1.165) is 30.0 Å². The number of ether oxygens (including phenoxy) is 3. The second-order valence-electron chi connectivity index (χ2n) is 8.43. The highest BCUT2D eigenvalue weighted by atomic mass is 16.7. The summed E-state index contributed by atoms with van der Waals surface area (Å²) in [6.07, 6.45) is 2.47. The van der Waals surface area contributed by atoms with Gasteiger partial charge in [0.2, 0.25) is 18.6 Å². The standard InChI is InChI=1S/C24H26N2O5/c1-15(16-3-4-16)26(18-5-8-20(29-2)9-6-18)24(28)17-11-23(27)25(13-17)19-7-10-21-22(12-19)31-14-30-21/h5-10,12,15-17H,3-4,11,13-14H2,1-2H3. The molecule has 7 nitrogen and oxygen atoms in total. The van der Waals surface area contributed by atoms with Gasteiger partial charge in [-0.3, -0.25) is 9.59 Å². The van der Waals surface area contributed by atoms with Crippen LogP contribution in [0, 0.1) is 11.8 Å². The first-order valence-electron chi connectivity index (χ1n) is 10.7. The van der Waals surface area contributed by atoms with Gasteiger partial charge in [0.1, 0.15) is 5.75 Å². The van der Waals surface area contributed by atoms with Gasteiger partial charge in [-0.05, 0) is 62.1 Å². The second-order valence-corrected chi connectivity index (χ2v) is 8.43. The fourth-order valence-electron chi connectivity index (χ4n) is 4.47. The molecule has 2 fully saturated rings. The lowest BCUT2D eigenvalue weighted by molar-refractivity contribution is -0.124. The Morgan fingerprint density at radius 2 is 1.87 bits per heavy atom. The number of rotatable bonds is 6. The van der Waals surface area contributed by atoms with Crippen LogP contribution in [0.2, 0.25) is 0 Å². The SMILES string of the molecule is COc1ccc(N(C(=O)C2CC(=O)N(c3ccc4c(c3)OCO4)C2)C(C)C2CC2)cc1. The van der Waals surface area contributed by atoms with E-state index in [1.165, 1.54) is 0 Å². The molecular formula is C24H26N2O5. The number of carbonyl (C=O) groups excluding carboxylic acids is 2. The molecule has 1 saturated carbocycles. The molecule has 2 aromatic carbocycles. The van der Waals surface area contributed by atoms with E-state index in [1.807, 2.05) is 35.2 Å². The topological polar surface area (TPSA) is 68.3 Å². The van der Waals surface area contributed by atoms with Crippen molar-refractivity contribution in [1.82, 2.24) is 0 Å². The van der Waals surface area contributed by atoms with Crippen molar-refractivity contribution in [2.24, 2.45) is 11.8 Å². The van der Waals surface area contributed by atoms with Crippen LogP contribution in [0.3, 0.4) is 0 Å². The average molecular weight is 422 g/mol. The lowest BCUT2D eigenvalue weighted by atomic mass is 10.0. The van der Waals surface area contributed by atoms with E-state index in [9.17, 15) is 9.59 Å². The van der Waals surface area contributed by atoms with Crippen molar-refractivity contribution < 1.29 is 23.8 Å². The minimum absolute atomic E-state index is 0.00107. The van der Waals surface area contributed by atoms with Crippen molar-refractivity contribution in [2.75, 3.05) is 30.2 Å². The number of nitrogens with zero attached hydrogens (tertiary/aromatic N) is 2. The summed E-state index contributed by atoms with van der Waals surface area (Å²) < 4.78 is 16.1. The molecule has 0 N–H and O–H groups in total. The summed E-state index contributed by atoms with van der Waals surface area (Å²) in [6, 6.07) is 13.1. The van der Waals surface area contributed by atoms with Gasteiger partial charge in [-0.15, -0.1) is 0 Å². The normalized spacial score (nSPS) is 20.6. The fourth-order valence-corrected chi connectivity index (χ4v) is 4.47. The Kier molecular flexibility index (Phi) is 4.96. The molecule has 31 heavy (non-hydrogen) atoms. The first kappa shape index (κ1) is 19.7. The summed E-state index contributed by atoms with van der Waals surface area (Å²) in [7, 11) is 1.62. The van der Waals surface area contributed by atoms with E-state index >= 15 is 0 Å². The number of hydrogen-bond donors (Lipinski definition) is 0. The second kappa shape index (κ2) is 7.80. The van der Waals surface area contributed by atoms with Gasteiger partial charge >= 0.3 is 0 Å². The van der Waals surface area contributed by atoms with Crippen LogP contribution in [0.5, 0.6) is 17.2 Å². The van der Waals surface area contributed by atoms with Crippen LogP contribution in [0.15, 0.2) is 42.5 Å². The summed E-state index contributed by atoms with van der Waals surface area (Å²) in [4.78, 5) is 30.0. The third-order valence-electron chi connectivity index (χ3n) is 6.44. The number of methoxy groups -OCH3 is 1. The molecule has 2 aromatic rings. The zero-order chi connectivity index (χ0) is 21.5. The van der Waals surface area contributed by atoms with Gasteiger partial charge in [-0.25, -0.2) is 0 Å². The van der Waals surface area contributed by atoms with Crippen LogP contribution >= 0.6 is 0 Å². The zero-order valence-electron chi connectivity index (χ0n) is 17.7. The highest BCUT2D eigenvalue weighted by Gasteiger charge is 2.42. The molecule has 3 aliphatic rings. The first-order chi connectivity index (χ1) is 15.0. The number of anilines is 2. The van der Waals surface area contributed by atoms with Crippen LogP contribution in [0.1, 0.15) is 26.2 Å². The van der Waals surface area contributed by atoms with Crippen molar-refractivity contribution in [3.63, 3.8) is 0 Å². The Hall–Kier alpha value is -3.22. The maximum Gasteiger partial charge on any atom is 0.232 e. The molecule has 5 rings (SSSR count). The predicted octanol–water partition coefficient (Wildman–Crippen LogP) is 3.61. The van der Waals surface area contributed by atoms with E-state index in [2.05, 4.69) is 6.92 Å². The molecule has 1 aliphatic carbocycles. The Balaban J connectivity index is 1.38. The van der Waals surface area contributed by atoms with Crippen LogP contribution in [0.4, 0.5) is 11.4 Å². The van der Waals surface area contributed by atoms with Gasteiger partial charge in [0.15, 0.2) is 11.5 Å². The maximum absolute atomic E-state index is 13.7. The Labute approximate surface area is 181 Å². The first-order valence-corrected chi connectivity index (χ1v) is 10.7. The van der Waals surface area contributed by atoms with E-state index in [0.29, 0.717) is 24.0 Å². The van der Waals surface area contributed by atoms with Gasteiger partial charge < -0.3 is 24.0 Å². The minimum atomic E-state index is -0.388. The van der Waals surface area contributed by atoms with E-state index < -0.39 is 0 Å². The summed E-state index contributed by atoms with van der Waals surface area (Å²) in [5.74, 6) is 2.12. The summed E-state index contributed by atoms with van der Waals surface area (Å²) in [5.41, 5.74) is 1.58. The maximum atomic E-state index is 13.7. The highest BCUT2D eigenvalue weighted by molar-refractivity contribution is 6.04. The number of hydrogen-bond acceptors (Lipinski definition) is 5. The summed E-state index contributed by atoms with van der Waals surface area (Å²) in [5, 5.41) is 0. The molecule has 0 radical (unpaired) electrons. The van der Waals surface area contributed by atoms with Crippen molar-refractivity contribution in [2.45, 2.75) is 32.2 Å². The van der Waals surface area contributed by atoms with Gasteiger partial charge in [0, 0.05) is 36.4 Å². The minimum Gasteiger partial charge on any atom is -0.497 e. The molecule has 162 valence electrons. The van der Waals surface area contributed by atoms with Crippen LogP contribution < -0.4 is 24.0 Å². The van der Waals surface area contributed by atoms with Crippen molar-refractivity contribution in [3.05, 3.63) is 42.5 Å². The Morgan fingerprint density at radius 3 is 2.58 bits per heavy atom. The molecule has 2 unspecified atom stereocenters. The monoisotopic (exact) mass is 422 g/mol. The quantitative estimate of drug-likeness (QED) is 0.711. The molecule has 2 atom stereocenters. The average Bonchev–Trinajstić information content (AvgIpc) is 3.41. The molecule has 0 bridgehead atoms. The predicted molar refractivity (Wildman–Crippen MR) is 116 cm³/mol. The molecule has 0 aromatic heterocycles.